The molecule has 0 fully saturated rings. The van der Waals surface area contributed by atoms with Crippen LogP contribution in [0.25, 0.3) is 0 Å². The second-order valence-electron chi connectivity index (χ2n) is 5.34. The Balaban J connectivity index is 2.24. The molecule has 0 bridgehead atoms. The summed E-state index contributed by atoms with van der Waals surface area (Å²) in [5.74, 6) is 2.05. The molecule has 2 rings (SSSR count). The Morgan fingerprint density at radius 1 is 0.696 bits per heavy atom. The van der Waals surface area contributed by atoms with Crippen molar-refractivity contribution < 1.29 is 9.47 Å². The molecular weight excluding hydrogens is 300 g/mol. The molecule has 0 saturated carbocycles. The van der Waals surface area contributed by atoms with Crippen LogP contribution in [0.2, 0.25) is 0 Å². The van der Waals surface area contributed by atoms with Gasteiger partial charge >= 0.3 is 0 Å². The topological polar surface area (TPSA) is 18.5 Å². The monoisotopic (exact) mass is 326 g/mol. The van der Waals surface area contributed by atoms with E-state index in [9.17, 15) is 0 Å². The first-order valence-electron chi connectivity index (χ1n) is 8.50. The Kier molecular flexibility index (Phi) is 6.72. The lowest BCUT2D eigenvalue weighted by atomic mass is 10.1. The summed E-state index contributed by atoms with van der Waals surface area (Å²) in [4.78, 5) is 0. The molecule has 0 spiro atoms. The van der Waals surface area contributed by atoms with Crippen molar-refractivity contribution in [3.63, 3.8) is 0 Å². The van der Waals surface area contributed by atoms with Crippen molar-refractivity contribution in [3.8, 4) is 11.5 Å². The number of benzene rings is 2. The standard InChI is InChI=1S/C20H26O2Si/c1-5-15-9-11-17(13-19(15)21-7-3)23-18-12-10-16(6-2)20(14-18)22-8-4/h9-14H,5-8H2,1-4H3. The molecule has 0 unspecified atom stereocenters. The van der Waals surface area contributed by atoms with E-state index in [1.54, 1.807) is 0 Å². The summed E-state index contributed by atoms with van der Waals surface area (Å²) < 4.78 is 11.6. The van der Waals surface area contributed by atoms with E-state index in [-0.39, 0.29) is 0 Å². The van der Waals surface area contributed by atoms with Crippen LogP contribution in [0.3, 0.4) is 0 Å². The van der Waals surface area contributed by atoms with Crippen molar-refractivity contribution in [2.24, 2.45) is 0 Å². The van der Waals surface area contributed by atoms with Crippen LogP contribution in [0.15, 0.2) is 36.4 Å². The first kappa shape index (κ1) is 17.6. The van der Waals surface area contributed by atoms with Crippen LogP contribution in [0, 0.1) is 0 Å². The van der Waals surface area contributed by atoms with Crippen LogP contribution < -0.4 is 19.8 Å². The Morgan fingerprint density at radius 2 is 1.13 bits per heavy atom. The van der Waals surface area contributed by atoms with Gasteiger partial charge in [0, 0.05) is 0 Å². The maximum Gasteiger partial charge on any atom is 0.122 e. The third-order valence-electron chi connectivity index (χ3n) is 3.78. The molecule has 0 heterocycles. The van der Waals surface area contributed by atoms with Crippen LogP contribution in [-0.2, 0) is 12.8 Å². The second-order valence-corrected chi connectivity index (χ2v) is 6.75. The maximum absolute atomic E-state index is 5.78. The SMILES string of the molecule is CCOc1cc([Si]c2ccc(CC)c(OCC)c2)ccc1CC. The van der Waals surface area contributed by atoms with Crippen LogP contribution in [0.5, 0.6) is 11.5 Å². The molecule has 3 heteroatoms. The molecule has 2 nitrogen and oxygen atoms in total. The minimum atomic E-state index is 0.614. The summed E-state index contributed by atoms with van der Waals surface area (Å²) in [6, 6.07) is 13.2. The molecule has 0 atom stereocenters. The van der Waals surface area contributed by atoms with E-state index < -0.39 is 0 Å². The predicted octanol–water partition coefficient (Wildman–Crippen LogP) is 3.26. The van der Waals surface area contributed by atoms with E-state index in [1.165, 1.54) is 21.5 Å². The number of rotatable bonds is 8. The molecule has 0 amide bonds. The van der Waals surface area contributed by atoms with Crippen molar-refractivity contribution in [1.82, 2.24) is 0 Å². The highest BCUT2D eigenvalue weighted by Gasteiger charge is 2.08. The second kappa shape index (κ2) is 8.78. The molecule has 0 aliphatic heterocycles. The van der Waals surface area contributed by atoms with E-state index in [4.69, 9.17) is 9.47 Å². The van der Waals surface area contributed by atoms with Crippen LogP contribution in [-0.4, -0.2) is 22.7 Å². The fourth-order valence-electron chi connectivity index (χ4n) is 2.60. The Hall–Kier alpha value is -1.74. The molecule has 23 heavy (non-hydrogen) atoms. The van der Waals surface area contributed by atoms with E-state index in [2.05, 4.69) is 50.2 Å². The number of hydrogen-bond donors (Lipinski definition) is 0. The van der Waals surface area contributed by atoms with E-state index in [0.717, 1.165) is 24.3 Å². The normalized spacial score (nSPS) is 10.6. The number of aryl methyl sites for hydroxylation is 2. The lowest BCUT2D eigenvalue weighted by Gasteiger charge is -2.13. The van der Waals surface area contributed by atoms with Gasteiger partial charge in [-0.2, -0.15) is 0 Å². The minimum Gasteiger partial charge on any atom is -0.494 e. The highest BCUT2D eigenvalue weighted by molar-refractivity contribution is 6.67. The zero-order valence-corrected chi connectivity index (χ0v) is 15.6. The van der Waals surface area contributed by atoms with Gasteiger partial charge in [0.15, 0.2) is 0 Å². The van der Waals surface area contributed by atoms with Gasteiger partial charge in [-0.05, 0) is 49.9 Å². The molecule has 122 valence electrons. The quantitative estimate of drug-likeness (QED) is 0.693. The Bertz CT molecular complexity index is 582. The number of ether oxygens (including phenoxy) is 2. The molecule has 0 aliphatic carbocycles. The first-order valence-corrected chi connectivity index (χ1v) is 9.50. The molecule has 0 aromatic heterocycles. The average molecular weight is 327 g/mol. The summed E-state index contributed by atoms with van der Waals surface area (Å²) in [5, 5.41) is 2.61. The van der Waals surface area contributed by atoms with Crippen molar-refractivity contribution in [2.45, 2.75) is 40.5 Å². The first-order chi connectivity index (χ1) is 11.2. The van der Waals surface area contributed by atoms with E-state index in [0.29, 0.717) is 22.7 Å². The summed E-state index contributed by atoms with van der Waals surface area (Å²) in [6.07, 6.45) is 2.00. The summed E-state index contributed by atoms with van der Waals surface area (Å²) in [7, 11) is 0.614. The van der Waals surface area contributed by atoms with Crippen molar-refractivity contribution in [1.29, 1.82) is 0 Å². The van der Waals surface area contributed by atoms with Gasteiger partial charge in [-0.15, -0.1) is 0 Å². The van der Waals surface area contributed by atoms with Crippen molar-refractivity contribution in [3.05, 3.63) is 47.5 Å². The average Bonchev–Trinajstić information content (AvgIpc) is 2.56. The van der Waals surface area contributed by atoms with Crippen LogP contribution in [0.4, 0.5) is 0 Å². The van der Waals surface area contributed by atoms with Gasteiger partial charge in [0.1, 0.15) is 21.0 Å². The molecule has 0 saturated heterocycles. The van der Waals surface area contributed by atoms with Gasteiger partial charge in [0.05, 0.1) is 13.2 Å². The van der Waals surface area contributed by atoms with Gasteiger partial charge in [-0.1, -0.05) is 48.5 Å². The highest BCUT2D eigenvalue weighted by Crippen LogP contribution is 2.18. The largest absolute Gasteiger partial charge is 0.494 e. The maximum atomic E-state index is 5.78. The lowest BCUT2D eigenvalue weighted by Crippen LogP contribution is -2.27. The van der Waals surface area contributed by atoms with E-state index in [1.807, 2.05) is 13.8 Å². The highest BCUT2D eigenvalue weighted by atomic mass is 28.2. The third-order valence-corrected chi connectivity index (χ3v) is 4.98. The lowest BCUT2D eigenvalue weighted by molar-refractivity contribution is 0.337. The third kappa shape index (κ3) is 4.61. The van der Waals surface area contributed by atoms with Gasteiger partial charge in [-0.25, -0.2) is 0 Å². The zero-order valence-electron chi connectivity index (χ0n) is 14.6. The van der Waals surface area contributed by atoms with Crippen molar-refractivity contribution >= 4 is 19.9 Å². The van der Waals surface area contributed by atoms with Crippen molar-refractivity contribution in [2.75, 3.05) is 13.2 Å². The van der Waals surface area contributed by atoms with Crippen LogP contribution >= 0.6 is 0 Å². The zero-order chi connectivity index (χ0) is 16.7. The Labute approximate surface area is 142 Å². The van der Waals surface area contributed by atoms with Gasteiger partial charge < -0.3 is 9.47 Å². The predicted molar refractivity (Wildman–Crippen MR) is 99.0 cm³/mol. The van der Waals surface area contributed by atoms with E-state index >= 15 is 0 Å². The molecule has 2 aromatic rings. The molecule has 0 aliphatic rings. The summed E-state index contributed by atoms with van der Waals surface area (Å²) >= 11 is 0. The fraction of sp³-hybridized carbons (Fsp3) is 0.400. The van der Waals surface area contributed by atoms with Gasteiger partial charge in [0.2, 0.25) is 0 Å². The van der Waals surface area contributed by atoms with Crippen LogP contribution in [0.1, 0.15) is 38.8 Å². The fourth-order valence-corrected chi connectivity index (χ4v) is 3.67. The molecule has 2 radical (unpaired) electrons. The summed E-state index contributed by atoms with van der Waals surface area (Å²) in [6.45, 7) is 9.81. The van der Waals surface area contributed by atoms with Gasteiger partial charge in [0.25, 0.3) is 0 Å². The minimum absolute atomic E-state index is 0.614. The Morgan fingerprint density at radius 3 is 1.48 bits per heavy atom. The smallest absolute Gasteiger partial charge is 0.122 e. The number of hydrogen-bond acceptors (Lipinski definition) is 2. The summed E-state index contributed by atoms with van der Waals surface area (Å²) in [5.41, 5.74) is 2.55. The molecule has 0 N–H and O–H groups in total. The molecular formula is C20H26O2Si. The molecule has 2 aromatic carbocycles. The van der Waals surface area contributed by atoms with Gasteiger partial charge in [-0.3, -0.25) is 0 Å².